The van der Waals surface area contributed by atoms with Crippen LogP contribution in [0.3, 0.4) is 0 Å². The van der Waals surface area contributed by atoms with Crippen LogP contribution in [-0.4, -0.2) is 27.7 Å². The Hall–Kier alpha value is -4.95. The smallest absolute Gasteiger partial charge is 0.317 e. The molecule has 0 saturated carbocycles. The zero-order valence-electron chi connectivity index (χ0n) is 19.7. The predicted octanol–water partition coefficient (Wildman–Crippen LogP) is 6.14. The van der Waals surface area contributed by atoms with Gasteiger partial charge in [-0.2, -0.15) is 9.78 Å². The molecular formula is C29H17ClN4O4. The predicted molar refractivity (Wildman–Crippen MR) is 145 cm³/mol. The second kappa shape index (κ2) is 8.86. The average Bonchev–Trinajstić information content (AvgIpc) is 3.58. The second-order valence-corrected chi connectivity index (χ2v) is 9.08. The normalized spacial score (nSPS) is 12.7. The van der Waals surface area contributed by atoms with Crippen LogP contribution in [0.1, 0.15) is 5.56 Å². The molecule has 0 unspecified atom stereocenters. The first-order valence-corrected chi connectivity index (χ1v) is 12.1. The Bertz CT molecular complexity index is 1930. The largest absolute Gasteiger partial charge is 0.454 e. The SMILES string of the molecule is O=c1c2oc3nc(-c4ccc(Cl)cc4)cc(-c4ccccc4)c3c2ncn1N=Cc1ccc2c(c1)OCO2. The maximum Gasteiger partial charge on any atom is 0.317 e. The molecule has 7 rings (SSSR count). The molecule has 0 N–H and O–H groups in total. The Morgan fingerprint density at radius 2 is 1.74 bits per heavy atom. The van der Waals surface area contributed by atoms with E-state index in [1.165, 1.54) is 6.33 Å². The Morgan fingerprint density at radius 1 is 0.921 bits per heavy atom. The van der Waals surface area contributed by atoms with Crippen LogP contribution in [-0.2, 0) is 0 Å². The van der Waals surface area contributed by atoms with Crippen molar-refractivity contribution >= 4 is 40.0 Å². The quantitative estimate of drug-likeness (QED) is 0.259. The average molecular weight is 521 g/mol. The molecule has 0 aliphatic carbocycles. The minimum atomic E-state index is -0.447. The lowest BCUT2D eigenvalue weighted by Crippen LogP contribution is -2.16. The summed E-state index contributed by atoms with van der Waals surface area (Å²) in [6, 6.07) is 24.6. The van der Waals surface area contributed by atoms with Crippen LogP contribution in [0.4, 0.5) is 0 Å². The van der Waals surface area contributed by atoms with Crippen molar-refractivity contribution in [2.75, 3.05) is 6.79 Å². The van der Waals surface area contributed by atoms with Crippen molar-refractivity contribution < 1.29 is 13.9 Å². The van der Waals surface area contributed by atoms with E-state index in [-0.39, 0.29) is 12.4 Å². The number of pyridine rings is 1. The number of hydrogen-bond donors (Lipinski definition) is 0. The monoisotopic (exact) mass is 520 g/mol. The highest BCUT2D eigenvalue weighted by molar-refractivity contribution is 6.30. The van der Waals surface area contributed by atoms with Crippen molar-refractivity contribution in [1.82, 2.24) is 14.6 Å². The molecule has 1 aliphatic heterocycles. The number of rotatable bonds is 4. The number of ether oxygens (including phenoxy) is 2. The second-order valence-electron chi connectivity index (χ2n) is 8.64. The summed E-state index contributed by atoms with van der Waals surface area (Å²) in [4.78, 5) is 22.7. The fraction of sp³-hybridized carbons (Fsp3) is 0.0345. The van der Waals surface area contributed by atoms with E-state index in [0.29, 0.717) is 38.8 Å². The van der Waals surface area contributed by atoms with Gasteiger partial charge >= 0.3 is 5.56 Å². The number of hydrogen-bond acceptors (Lipinski definition) is 7. The third kappa shape index (κ3) is 3.79. The van der Waals surface area contributed by atoms with Crippen molar-refractivity contribution in [3.8, 4) is 33.9 Å². The van der Waals surface area contributed by atoms with Gasteiger partial charge in [0.1, 0.15) is 11.8 Å². The fourth-order valence-electron chi connectivity index (χ4n) is 4.44. The first-order valence-electron chi connectivity index (χ1n) is 11.7. The van der Waals surface area contributed by atoms with Gasteiger partial charge in [-0.15, -0.1) is 0 Å². The summed E-state index contributed by atoms with van der Waals surface area (Å²) in [6.45, 7) is 0.181. The van der Waals surface area contributed by atoms with E-state index < -0.39 is 5.56 Å². The summed E-state index contributed by atoms with van der Waals surface area (Å²) in [6.07, 6.45) is 2.93. The maximum absolute atomic E-state index is 13.4. The van der Waals surface area contributed by atoms with E-state index in [9.17, 15) is 4.79 Å². The Morgan fingerprint density at radius 3 is 2.58 bits per heavy atom. The number of nitrogens with zero attached hydrogens (tertiary/aromatic N) is 4. The lowest BCUT2D eigenvalue weighted by atomic mass is 10.00. The molecule has 0 saturated heterocycles. The van der Waals surface area contributed by atoms with E-state index in [0.717, 1.165) is 26.9 Å². The highest BCUT2D eigenvalue weighted by Crippen LogP contribution is 2.37. The van der Waals surface area contributed by atoms with Crippen molar-refractivity contribution in [1.29, 1.82) is 0 Å². The van der Waals surface area contributed by atoms with E-state index in [4.69, 9.17) is 30.5 Å². The zero-order chi connectivity index (χ0) is 25.6. The number of halogens is 1. The molecule has 184 valence electrons. The first-order chi connectivity index (χ1) is 18.6. The molecule has 1 aliphatic rings. The zero-order valence-corrected chi connectivity index (χ0v) is 20.4. The standard InChI is InChI=1S/C29H17ClN4O4/c30-20-9-7-19(8-10-20)22-13-21(18-4-2-1-3-5-18)25-26-27(38-28(25)33-22)29(35)34(15-31-26)32-14-17-6-11-23-24(12-17)37-16-36-23/h1-15H,16H2. The molecule has 38 heavy (non-hydrogen) atoms. The number of aromatic nitrogens is 3. The molecule has 3 aromatic heterocycles. The van der Waals surface area contributed by atoms with E-state index in [1.54, 1.807) is 18.3 Å². The van der Waals surface area contributed by atoms with Gasteiger partial charge in [-0.1, -0.05) is 54.1 Å². The van der Waals surface area contributed by atoms with Gasteiger partial charge < -0.3 is 13.9 Å². The summed E-state index contributed by atoms with van der Waals surface area (Å²) in [5.41, 5.74) is 4.46. The van der Waals surface area contributed by atoms with Crippen LogP contribution in [0.25, 0.3) is 44.6 Å². The van der Waals surface area contributed by atoms with Crippen LogP contribution in [0.5, 0.6) is 11.5 Å². The topological polar surface area (TPSA) is 91.7 Å². The summed E-state index contributed by atoms with van der Waals surface area (Å²) in [5.74, 6) is 1.30. The molecule has 0 bridgehead atoms. The molecule has 3 aromatic carbocycles. The first kappa shape index (κ1) is 22.3. The van der Waals surface area contributed by atoms with Gasteiger partial charge in [0.25, 0.3) is 0 Å². The summed E-state index contributed by atoms with van der Waals surface area (Å²) >= 11 is 6.09. The number of furan rings is 1. The van der Waals surface area contributed by atoms with Gasteiger partial charge in [0, 0.05) is 10.6 Å². The van der Waals surface area contributed by atoms with Crippen molar-refractivity contribution in [2.45, 2.75) is 0 Å². The molecule has 0 atom stereocenters. The lowest BCUT2D eigenvalue weighted by Gasteiger charge is -2.07. The number of benzene rings is 3. The van der Waals surface area contributed by atoms with Gasteiger partial charge in [0.15, 0.2) is 11.5 Å². The number of fused-ring (bicyclic) bond motifs is 4. The Kier molecular flexibility index (Phi) is 5.19. The fourth-order valence-corrected chi connectivity index (χ4v) is 4.56. The van der Waals surface area contributed by atoms with Gasteiger partial charge in [0.05, 0.1) is 17.3 Å². The highest BCUT2D eigenvalue weighted by Gasteiger charge is 2.20. The third-order valence-electron chi connectivity index (χ3n) is 6.29. The summed E-state index contributed by atoms with van der Waals surface area (Å²) < 4.78 is 17.9. The maximum atomic E-state index is 13.4. The Labute approximate surface area is 220 Å². The van der Waals surface area contributed by atoms with Crippen molar-refractivity contribution in [2.24, 2.45) is 5.10 Å². The molecule has 0 fully saturated rings. The summed E-state index contributed by atoms with van der Waals surface area (Å²) in [7, 11) is 0. The van der Waals surface area contributed by atoms with Crippen LogP contribution in [0, 0.1) is 0 Å². The molecular weight excluding hydrogens is 504 g/mol. The van der Waals surface area contributed by atoms with Crippen molar-refractivity contribution in [3.63, 3.8) is 0 Å². The minimum absolute atomic E-state index is 0.0725. The Balaban J connectivity index is 1.39. The van der Waals surface area contributed by atoms with Crippen molar-refractivity contribution in [3.05, 3.63) is 106 Å². The molecule has 0 spiro atoms. The summed E-state index contributed by atoms with van der Waals surface area (Å²) in [5, 5.41) is 5.60. The van der Waals surface area contributed by atoms with E-state index >= 15 is 0 Å². The molecule has 9 heteroatoms. The van der Waals surface area contributed by atoms with E-state index in [2.05, 4.69) is 10.1 Å². The third-order valence-corrected chi connectivity index (χ3v) is 6.54. The van der Waals surface area contributed by atoms with Crippen LogP contribution < -0.4 is 15.0 Å². The van der Waals surface area contributed by atoms with Crippen LogP contribution >= 0.6 is 11.6 Å². The molecule has 4 heterocycles. The minimum Gasteiger partial charge on any atom is -0.454 e. The molecule has 6 aromatic rings. The molecule has 0 amide bonds. The van der Waals surface area contributed by atoms with Crippen LogP contribution in [0.2, 0.25) is 5.02 Å². The van der Waals surface area contributed by atoms with Crippen LogP contribution in [0.15, 0.2) is 99.5 Å². The highest BCUT2D eigenvalue weighted by atomic mass is 35.5. The van der Waals surface area contributed by atoms with Gasteiger partial charge in [-0.05, 0) is 53.1 Å². The van der Waals surface area contributed by atoms with E-state index in [1.807, 2.05) is 66.7 Å². The van der Waals surface area contributed by atoms with Gasteiger partial charge in [0.2, 0.25) is 18.1 Å². The molecule has 8 nitrogen and oxygen atoms in total. The van der Waals surface area contributed by atoms with Gasteiger partial charge in [-0.25, -0.2) is 9.97 Å². The van der Waals surface area contributed by atoms with Gasteiger partial charge in [-0.3, -0.25) is 4.79 Å². The molecule has 0 radical (unpaired) electrons. The lowest BCUT2D eigenvalue weighted by molar-refractivity contribution is 0.174.